The zero-order valence-corrected chi connectivity index (χ0v) is 33.7. The summed E-state index contributed by atoms with van der Waals surface area (Å²) in [6.45, 7) is 7.67. The van der Waals surface area contributed by atoms with E-state index in [0.29, 0.717) is 41.9 Å². The number of ketones is 2. The highest BCUT2D eigenvalue weighted by Gasteiger charge is 2.40. The van der Waals surface area contributed by atoms with Gasteiger partial charge >= 0.3 is 0 Å². The number of carbonyl (C=O) groups is 2. The van der Waals surface area contributed by atoms with Crippen LogP contribution in [0.3, 0.4) is 0 Å². The fourth-order valence-corrected chi connectivity index (χ4v) is 6.93. The van der Waals surface area contributed by atoms with Gasteiger partial charge < -0.3 is 40.2 Å². The van der Waals surface area contributed by atoms with E-state index in [-0.39, 0.29) is 45.1 Å². The number of aromatic hydroxyl groups is 2. The van der Waals surface area contributed by atoms with E-state index in [4.69, 9.17) is 24.7 Å². The molecule has 0 saturated heterocycles. The zero-order chi connectivity index (χ0) is 41.0. The Hall–Kier alpha value is -6.16. The van der Waals surface area contributed by atoms with E-state index < -0.39 is 23.1 Å². The lowest BCUT2D eigenvalue weighted by atomic mass is 9.81. The van der Waals surface area contributed by atoms with Gasteiger partial charge in [-0.2, -0.15) is 0 Å². The number of nitrogens with two attached hydrogens (primary N) is 1. The van der Waals surface area contributed by atoms with Crippen LogP contribution in [0.2, 0.25) is 0 Å². The number of aryl methyl sites for hydroxylation is 1. The van der Waals surface area contributed by atoms with Crippen LogP contribution in [0.5, 0.6) is 46.0 Å². The van der Waals surface area contributed by atoms with Crippen LogP contribution in [0.1, 0.15) is 122 Å². The minimum atomic E-state index is -0.753. The summed E-state index contributed by atoms with van der Waals surface area (Å²) in [6, 6.07) is 24.4. The summed E-state index contributed by atoms with van der Waals surface area (Å²) in [5, 5.41) is 26.6. The molecule has 5 aromatic carbocycles. The number of rotatable bonds is 21. The van der Waals surface area contributed by atoms with E-state index in [0.717, 1.165) is 76.2 Å². The first-order chi connectivity index (χ1) is 28.2. The highest BCUT2D eigenvalue weighted by atomic mass is 16.5. The number of ether oxygens (including phenoxy) is 4. The van der Waals surface area contributed by atoms with Crippen molar-refractivity contribution >= 4 is 28.6 Å². The summed E-state index contributed by atoms with van der Waals surface area (Å²) in [4.78, 5) is 29.0. The van der Waals surface area contributed by atoms with Crippen LogP contribution < -0.4 is 30.0 Å². The van der Waals surface area contributed by atoms with Gasteiger partial charge in [-0.05, 0) is 91.9 Å². The average Bonchev–Trinajstić information content (AvgIpc) is 3.23. The Morgan fingerprint density at radius 1 is 0.534 bits per heavy atom. The van der Waals surface area contributed by atoms with Crippen LogP contribution in [0, 0.1) is 0 Å². The molecule has 58 heavy (non-hydrogen) atoms. The molecule has 0 spiro atoms. The molecule has 0 amide bonds. The summed E-state index contributed by atoms with van der Waals surface area (Å²) in [6.07, 6.45) is 11.8. The predicted octanol–water partition coefficient (Wildman–Crippen LogP) is 12.0. The minimum Gasteiger partial charge on any atom is -0.504 e. The number of anilines is 3. The third-order valence-electron chi connectivity index (χ3n) is 10.2. The lowest BCUT2D eigenvalue weighted by molar-refractivity contribution is 0.0974. The van der Waals surface area contributed by atoms with E-state index in [2.05, 4.69) is 26.1 Å². The highest BCUT2D eigenvalue weighted by Crippen LogP contribution is 2.50. The van der Waals surface area contributed by atoms with Gasteiger partial charge in [0.25, 0.3) is 0 Å². The van der Waals surface area contributed by atoms with Crippen molar-refractivity contribution in [3.63, 3.8) is 0 Å². The fourth-order valence-electron chi connectivity index (χ4n) is 6.93. The molecule has 0 aromatic heterocycles. The van der Waals surface area contributed by atoms with Gasteiger partial charge in [0, 0.05) is 23.5 Å². The molecular weight excluding hydrogens is 733 g/mol. The van der Waals surface area contributed by atoms with Gasteiger partial charge in [0.05, 0.1) is 41.2 Å². The first-order valence-electron chi connectivity index (χ1n) is 20.5. The molecule has 0 bridgehead atoms. The highest BCUT2D eigenvalue weighted by molar-refractivity contribution is 6.34. The summed E-state index contributed by atoms with van der Waals surface area (Å²) < 4.78 is 23.9. The van der Waals surface area contributed by atoms with Crippen LogP contribution in [-0.4, -0.2) is 35.0 Å². The number of hydrogen-bond acceptors (Lipinski definition) is 10. The third-order valence-corrected chi connectivity index (χ3v) is 10.2. The molecule has 1 aliphatic carbocycles. The van der Waals surface area contributed by atoms with Gasteiger partial charge in [-0.3, -0.25) is 9.59 Å². The first-order valence-corrected chi connectivity index (χ1v) is 20.5. The number of unbranched alkanes of at least 4 members (excludes halogenated alkanes) is 7. The normalized spacial score (nSPS) is 11.8. The topological polar surface area (TPSA) is 150 Å². The molecule has 0 radical (unpaired) electrons. The van der Waals surface area contributed by atoms with Crippen molar-refractivity contribution in [3.8, 4) is 46.0 Å². The summed E-state index contributed by atoms with van der Waals surface area (Å²) in [7, 11) is 0. The quantitative estimate of drug-likeness (QED) is 0.0315. The van der Waals surface area contributed by atoms with Crippen molar-refractivity contribution in [2.24, 2.45) is 0 Å². The van der Waals surface area contributed by atoms with Crippen molar-refractivity contribution in [3.05, 3.63) is 113 Å². The van der Waals surface area contributed by atoms with Crippen LogP contribution in [0.4, 0.5) is 17.1 Å². The summed E-state index contributed by atoms with van der Waals surface area (Å²) in [5.74, 6) is -0.650. The Morgan fingerprint density at radius 3 is 1.52 bits per heavy atom. The largest absolute Gasteiger partial charge is 0.504 e. The van der Waals surface area contributed by atoms with E-state index >= 15 is 0 Å². The lowest BCUT2D eigenvalue weighted by Crippen LogP contribution is -2.24. The van der Waals surface area contributed by atoms with Gasteiger partial charge in [-0.1, -0.05) is 77.8 Å². The third kappa shape index (κ3) is 9.85. The Morgan fingerprint density at radius 2 is 1.00 bits per heavy atom. The number of nitrogen functional groups attached to an aromatic ring is 1. The number of carbonyl (C=O) groups excluding carboxylic acids is 2. The number of hydrogen-bond donors (Lipinski definition) is 4. The maximum absolute atomic E-state index is 14.6. The van der Waals surface area contributed by atoms with Crippen LogP contribution in [-0.2, 0) is 6.42 Å². The average molecular weight is 787 g/mol. The van der Waals surface area contributed by atoms with Gasteiger partial charge in [0.15, 0.2) is 23.0 Å². The molecule has 0 saturated carbocycles. The Balaban J connectivity index is 1.32. The second kappa shape index (κ2) is 19.8. The molecule has 0 aliphatic heterocycles. The monoisotopic (exact) mass is 786 g/mol. The molecule has 5 N–H and O–H groups in total. The summed E-state index contributed by atoms with van der Waals surface area (Å²) in [5.41, 5.74) is 7.34. The summed E-state index contributed by atoms with van der Waals surface area (Å²) >= 11 is 0. The molecule has 5 aromatic rings. The predicted molar refractivity (Wildman–Crippen MR) is 228 cm³/mol. The van der Waals surface area contributed by atoms with Crippen LogP contribution in [0.25, 0.3) is 0 Å². The van der Waals surface area contributed by atoms with Crippen LogP contribution in [0.15, 0.2) is 84.9 Å². The molecule has 6 rings (SSSR count). The number of phenolic OH excluding ortho intramolecular Hbond substituents is 2. The Kier molecular flexibility index (Phi) is 14.2. The van der Waals surface area contributed by atoms with Crippen molar-refractivity contribution < 1.29 is 38.7 Å². The Bertz CT molecular complexity index is 2180. The van der Waals surface area contributed by atoms with E-state index in [1.165, 1.54) is 12.1 Å². The van der Waals surface area contributed by atoms with Gasteiger partial charge in [0.1, 0.15) is 23.0 Å². The number of benzene rings is 5. The second-order valence-corrected chi connectivity index (χ2v) is 14.6. The van der Waals surface area contributed by atoms with Crippen LogP contribution >= 0.6 is 0 Å². The number of fused-ring (bicyclic) bond motifs is 2. The van der Waals surface area contributed by atoms with Gasteiger partial charge in [0.2, 0.25) is 11.6 Å². The molecule has 1 aliphatic rings. The molecule has 10 nitrogen and oxygen atoms in total. The lowest BCUT2D eigenvalue weighted by Gasteiger charge is -2.25. The molecule has 10 heteroatoms. The Labute approximate surface area is 340 Å². The maximum atomic E-state index is 14.6. The maximum Gasteiger partial charge on any atom is 0.200 e. The molecule has 0 atom stereocenters. The molecule has 0 heterocycles. The fraction of sp³-hybridized carbons (Fsp3) is 0.333. The molecule has 304 valence electrons. The van der Waals surface area contributed by atoms with Gasteiger partial charge in [-0.15, -0.1) is 0 Å². The van der Waals surface area contributed by atoms with Gasteiger partial charge in [-0.25, -0.2) is 0 Å². The van der Waals surface area contributed by atoms with Crippen molar-refractivity contribution in [1.29, 1.82) is 0 Å². The van der Waals surface area contributed by atoms with E-state index in [1.54, 1.807) is 48.5 Å². The number of phenols is 2. The zero-order valence-electron chi connectivity index (χ0n) is 33.7. The van der Waals surface area contributed by atoms with E-state index in [9.17, 15) is 19.8 Å². The smallest absolute Gasteiger partial charge is 0.200 e. The minimum absolute atomic E-state index is 0.0604. The SMILES string of the molecule is CCCCCCOc1ccc(Oc2cc(N)c3c(c2O)C(=O)c2c(Nc4ccc(CCCC)cc4)cc(Oc4ccc(OCCCCCC)cc4)c(O)c2C3=O)cc1. The number of nitrogens with one attached hydrogen (secondary N) is 1. The first kappa shape index (κ1) is 41.5. The standard InChI is InChI=1S/C48H54N2O8/c1-4-7-10-12-27-55-33-19-23-35(24-20-33)57-39-29-37(49)41-43(45(39)51)48(54)42-38(50-32-17-15-31(16-18-32)14-9-6-3)30-40(46(52)44(42)47(41)53)58-36-25-21-34(22-26-36)56-28-13-11-8-5-2/h15-26,29-30,50-52H,4-14,27-28,49H2,1-3H3. The second-order valence-electron chi connectivity index (χ2n) is 14.6. The molecule has 0 unspecified atom stereocenters. The van der Waals surface area contributed by atoms with Crippen molar-refractivity contribution in [2.75, 3.05) is 24.3 Å². The van der Waals surface area contributed by atoms with E-state index in [1.807, 2.05) is 24.3 Å². The van der Waals surface area contributed by atoms with Crippen molar-refractivity contribution in [2.45, 2.75) is 91.4 Å². The molecule has 0 fully saturated rings. The molecular formula is C48H54N2O8. The van der Waals surface area contributed by atoms with Crippen molar-refractivity contribution in [1.82, 2.24) is 0 Å².